The molecule has 0 aliphatic heterocycles. The molecule has 0 radical (unpaired) electrons. The number of nitrogens with zero attached hydrogens (tertiary/aromatic N) is 7. The summed E-state index contributed by atoms with van der Waals surface area (Å²) in [5.74, 6) is -1.49. The average Bonchev–Trinajstić information content (AvgIpc) is 3.53. The normalized spacial score (nSPS) is 17.5. The number of anilines is 1. The molecule has 0 saturated heterocycles. The lowest BCUT2D eigenvalue weighted by atomic mass is 9.90. The van der Waals surface area contributed by atoms with Gasteiger partial charge in [-0.3, -0.25) is 9.48 Å². The van der Waals surface area contributed by atoms with Crippen molar-refractivity contribution >= 4 is 38.6 Å². The molecule has 4 aromatic rings. The number of fused-ring (bicyclic) bond motifs is 1. The third kappa shape index (κ3) is 4.97. The molecule has 3 heterocycles. The number of carbonyl (C=O) groups is 1. The van der Waals surface area contributed by atoms with E-state index in [-0.39, 0.29) is 33.7 Å². The first-order valence-electron chi connectivity index (χ1n) is 13.4. The molecule has 1 aromatic carbocycles. The summed E-state index contributed by atoms with van der Waals surface area (Å²) in [7, 11) is 3.78. The summed E-state index contributed by atoms with van der Waals surface area (Å²) in [6.45, 7) is 6.07. The van der Waals surface area contributed by atoms with Gasteiger partial charge in [0.1, 0.15) is 11.5 Å². The van der Waals surface area contributed by atoms with E-state index in [0.717, 1.165) is 65.3 Å². The van der Waals surface area contributed by atoms with E-state index in [2.05, 4.69) is 38.3 Å². The quantitative estimate of drug-likeness (QED) is 0.232. The van der Waals surface area contributed by atoms with Crippen LogP contribution >= 0.6 is 15.9 Å². The number of nitrogen functional groups attached to an aromatic ring is 1. The Bertz CT molecular complexity index is 1610. The number of rotatable bonds is 6. The lowest BCUT2D eigenvalue weighted by molar-refractivity contribution is -0.132. The largest absolute Gasteiger partial charge is 0.396 e. The second-order valence-electron chi connectivity index (χ2n) is 10.7. The van der Waals surface area contributed by atoms with Gasteiger partial charge in [0, 0.05) is 43.2 Å². The highest BCUT2D eigenvalue weighted by atomic mass is 79.9. The van der Waals surface area contributed by atoms with Gasteiger partial charge in [0.05, 0.1) is 28.1 Å². The molecule has 212 valence electrons. The molecule has 2 N–H and O–H groups in total. The van der Waals surface area contributed by atoms with Crippen molar-refractivity contribution in [3.05, 3.63) is 50.9 Å². The highest BCUT2D eigenvalue weighted by Gasteiger charge is 2.29. The maximum absolute atomic E-state index is 14.2. The Kier molecular flexibility index (Phi) is 7.64. The van der Waals surface area contributed by atoms with Crippen LogP contribution in [0.3, 0.4) is 0 Å². The van der Waals surface area contributed by atoms with Gasteiger partial charge in [0.15, 0.2) is 11.5 Å². The Morgan fingerprint density at radius 1 is 1.18 bits per heavy atom. The Morgan fingerprint density at radius 2 is 1.88 bits per heavy atom. The van der Waals surface area contributed by atoms with E-state index in [1.54, 1.807) is 15.6 Å². The van der Waals surface area contributed by atoms with Gasteiger partial charge in [0.2, 0.25) is 5.91 Å². The van der Waals surface area contributed by atoms with Crippen molar-refractivity contribution in [1.82, 2.24) is 34.7 Å². The second kappa shape index (κ2) is 10.9. The van der Waals surface area contributed by atoms with E-state index in [4.69, 9.17) is 10.7 Å². The van der Waals surface area contributed by atoms with Crippen LogP contribution in [0.2, 0.25) is 0 Å². The number of nitrogens with two attached hydrogens (primary N) is 1. The van der Waals surface area contributed by atoms with E-state index in [1.807, 2.05) is 32.8 Å². The van der Waals surface area contributed by atoms with Crippen LogP contribution < -0.4 is 5.73 Å². The van der Waals surface area contributed by atoms with Crippen LogP contribution in [0, 0.1) is 32.4 Å². The Balaban J connectivity index is 1.20. The van der Waals surface area contributed by atoms with Crippen LogP contribution in [-0.2, 0) is 18.3 Å². The van der Waals surface area contributed by atoms with Gasteiger partial charge in [-0.1, -0.05) is 5.21 Å². The van der Waals surface area contributed by atoms with Crippen LogP contribution in [0.5, 0.6) is 0 Å². The fraction of sp³-hybridized carbons (Fsp3) is 0.464. The smallest absolute Gasteiger partial charge is 0.222 e. The first-order valence-corrected chi connectivity index (χ1v) is 14.2. The van der Waals surface area contributed by atoms with Crippen molar-refractivity contribution in [2.24, 2.45) is 7.05 Å². The minimum Gasteiger partial charge on any atom is -0.396 e. The third-order valence-electron chi connectivity index (χ3n) is 8.29. The molecule has 5 rings (SSSR count). The maximum Gasteiger partial charge on any atom is 0.222 e. The molecule has 1 saturated carbocycles. The summed E-state index contributed by atoms with van der Waals surface area (Å²) < 4.78 is 31.6. The fourth-order valence-electron chi connectivity index (χ4n) is 5.95. The molecule has 12 heteroatoms. The third-order valence-corrected chi connectivity index (χ3v) is 9.01. The zero-order chi connectivity index (χ0) is 28.9. The van der Waals surface area contributed by atoms with Crippen LogP contribution in [0.1, 0.15) is 60.7 Å². The number of pyridine rings is 1. The van der Waals surface area contributed by atoms with Gasteiger partial charge in [-0.25, -0.2) is 18.4 Å². The molecule has 40 heavy (non-hydrogen) atoms. The molecule has 1 aliphatic rings. The zero-order valence-corrected chi connectivity index (χ0v) is 24.9. The van der Waals surface area contributed by atoms with Crippen LogP contribution in [0.4, 0.5) is 14.5 Å². The summed E-state index contributed by atoms with van der Waals surface area (Å²) in [6, 6.07) is 1.38. The number of amides is 1. The first-order chi connectivity index (χ1) is 19.0. The van der Waals surface area contributed by atoms with Crippen LogP contribution in [0.15, 0.2) is 16.7 Å². The van der Waals surface area contributed by atoms with Gasteiger partial charge in [-0.05, 0) is 86.0 Å². The van der Waals surface area contributed by atoms with E-state index in [9.17, 15) is 13.6 Å². The SMILES string of the molecule is Cc1nc2c(c(C)nn2C)c(C)c1CCC(=O)N(C)C1CCC(n2cc(-c3cc(F)c(Br)c(F)c3N)nn2)CC1. The predicted octanol–water partition coefficient (Wildman–Crippen LogP) is 5.35. The molecular formula is C28H33BrF2N8O. The molecule has 9 nitrogen and oxygen atoms in total. The Labute approximate surface area is 239 Å². The number of carbonyl (C=O) groups excluding carboxylic acids is 1. The van der Waals surface area contributed by atoms with Crippen LogP contribution in [0.25, 0.3) is 22.3 Å². The van der Waals surface area contributed by atoms with Gasteiger partial charge < -0.3 is 10.6 Å². The highest BCUT2D eigenvalue weighted by molar-refractivity contribution is 9.10. The summed E-state index contributed by atoms with van der Waals surface area (Å²) in [4.78, 5) is 19.8. The molecule has 0 spiro atoms. The molecular weight excluding hydrogens is 582 g/mol. The number of aromatic nitrogens is 6. The van der Waals surface area contributed by atoms with Crippen LogP contribution in [-0.4, -0.2) is 53.7 Å². The second-order valence-corrected chi connectivity index (χ2v) is 11.5. The number of halogens is 3. The van der Waals surface area contributed by atoms with Gasteiger partial charge in [-0.2, -0.15) is 5.10 Å². The standard InChI is InChI=1S/C28H33BrF2N8O/c1-14-19(15(2)33-28-24(14)16(3)35-38(28)5)10-11-23(40)37(4)17-6-8-18(9-7-17)39-13-22(34-36-39)20-12-21(30)25(29)26(31)27(20)32/h12-13,17-18H,6-11,32H2,1-5H3. The van der Waals surface area contributed by atoms with E-state index < -0.39 is 11.6 Å². The minimum absolute atomic E-state index is 0.0817. The summed E-state index contributed by atoms with van der Waals surface area (Å²) in [6.07, 6.45) is 6.00. The zero-order valence-electron chi connectivity index (χ0n) is 23.3. The van der Waals surface area contributed by atoms with E-state index >= 15 is 0 Å². The molecule has 1 fully saturated rings. The van der Waals surface area contributed by atoms with Gasteiger partial charge in [-0.15, -0.1) is 5.10 Å². The highest BCUT2D eigenvalue weighted by Crippen LogP contribution is 2.35. The topological polar surface area (TPSA) is 108 Å². The van der Waals surface area contributed by atoms with E-state index in [0.29, 0.717) is 18.5 Å². The first kappa shape index (κ1) is 28.1. The Hall–Kier alpha value is -3.41. The molecule has 3 aromatic heterocycles. The fourth-order valence-corrected chi connectivity index (χ4v) is 6.28. The van der Waals surface area contributed by atoms with E-state index in [1.165, 1.54) is 0 Å². The predicted molar refractivity (Wildman–Crippen MR) is 153 cm³/mol. The summed E-state index contributed by atoms with van der Waals surface area (Å²) in [5.41, 5.74) is 11.2. The number of hydrogen-bond acceptors (Lipinski definition) is 6. The van der Waals surface area contributed by atoms with Crippen molar-refractivity contribution in [2.75, 3.05) is 12.8 Å². The van der Waals surface area contributed by atoms with Crippen molar-refractivity contribution in [2.45, 2.75) is 71.4 Å². The maximum atomic E-state index is 14.2. The lowest BCUT2D eigenvalue weighted by Crippen LogP contribution is -2.40. The van der Waals surface area contributed by atoms with Crippen molar-refractivity contribution in [3.8, 4) is 11.3 Å². The molecule has 0 unspecified atom stereocenters. The molecule has 0 bridgehead atoms. The van der Waals surface area contributed by atoms with Crippen molar-refractivity contribution in [1.29, 1.82) is 0 Å². The van der Waals surface area contributed by atoms with Gasteiger partial charge in [0.25, 0.3) is 0 Å². The molecule has 0 atom stereocenters. The summed E-state index contributed by atoms with van der Waals surface area (Å²) >= 11 is 2.87. The number of aryl methyl sites for hydroxylation is 4. The van der Waals surface area contributed by atoms with Gasteiger partial charge >= 0.3 is 0 Å². The molecule has 1 amide bonds. The summed E-state index contributed by atoms with van der Waals surface area (Å²) in [5, 5.41) is 13.9. The number of benzene rings is 1. The molecule has 1 aliphatic carbocycles. The monoisotopic (exact) mass is 614 g/mol. The average molecular weight is 616 g/mol. The number of hydrogen-bond donors (Lipinski definition) is 1. The van der Waals surface area contributed by atoms with Crippen molar-refractivity contribution in [3.63, 3.8) is 0 Å². The van der Waals surface area contributed by atoms with Crippen molar-refractivity contribution < 1.29 is 13.6 Å². The lowest BCUT2D eigenvalue weighted by Gasteiger charge is -2.34. The Morgan fingerprint density at radius 3 is 2.58 bits per heavy atom. The minimum atomic E-state index is -0.855.